The summed E-state index contributed by atoms with van der Waals surface area (Å²) in [5.74, 6) is 0. The van der Waals surface area contributed by atoms with Gasteiger partial charge in [-0.2, -0.15) is 13.5 Å². The van der Waals surface area contributed by atoms with Crippen LogP contribution in [0.2, 0.25) is 5.02 Å². The van der Waals surface area contributed by atoms with E-state index < -0.39 is 14.9 Å². The number of benzene rings is 2. The maximum absolute atomic E-state index is 12.1. The molecule has 120 valence electrons. The lowest BCUT2D eigenvalue weighted by atomic mass is 10.2. The van der Waals surface area contributed by atoms with Crippen molar-refractivity contribution in [1.82, 2.24) is 4.83 Å². The highest BCUT2D eigenvalue weighted by Crippen LogP contribution is 2.22. The van der Waals surface area contributed by atoms with Gasteiger partial charge in [0.15, 0.2) is 0 Å². The SMILES string of the molecule is Cc1ccc(S(=O)(=O)N/N=C\c2ccc(Cl)cc2)cc1[N+](=O)[O-]. The molecule has 0 aliphatic rings. The van der Waals surface area contributed by atoms with Gasteiger partial charge < -0.3 is 0 Å². The third-order valence-electron chi connectivity index (χ3n) is 2.94. The van der Waals surface area contributed by atoms with Crippen molar-refractivity contribution in [1.29, 1.82) is 0 Å². The Bertz CT molecular complexity index is 864. The van der Waals surface area contributed by atoms with Gasteiger partial charge in [-0.1, -0.05) is 29.8 Å². The van der Waals surface area contributed by atoms with Gasteiger partial charge in [0.2, 0.25) is 0 Å². The first-order valence-electron chi connectivity index (χ1n) is 6.35. The minimum Gasteiger partial charge on any atom is -0.258 e. The lowest BCUT2D eigenvalue weighted by molar-refractivity contribution is -0.385. The first kappa shape index (κ1) is 16.9. The Hall–Kier alpha value is -2.45. The van der Waals surface area contributed by atoms with Gasteiger partial charge in [0.05, 0.1) is 16.0 Å². The van der Waals surface area contributed by atoms with E-state index in [1.165, 1.54) is 25.3 Å². The molecule has 0 saturated carbocycles. The monoisotopic (exact) mass is 353 g/mol. The van der Waals surface area contributed by atoms with Crippen molar-refractivity contribution in [3.05, 3.63) is 68.7 Å². The summed E-state index contributed by atoms with van der Waals surface area (Å²) in [5.41, 5.74) is 0.750. The van der Waals surface area contributed by atoms with Gasteiger partial charge >= 0.3 is 0 Å². The molecule has 0 heterocycles. The molecule has 0 radical (unpaired) electrons. The number of nitrogens with one attached hydrogen (secondary N) is 1. The molecule has 2 rings (SSSR count). The van der Waals surface area contributed by atoms with Crippen LogP contribution in [0.3, 0.4) is 0 Å². The third-order valence-corrected chi connectivity index (χ3v) is 4.42. The van der Waals surface area contributed by atoms with E-state index in [4.69, 9.17) is 11.6 Å². The molecule has 0 bridgehead atoms. The number of hydrazone groups is 1. The van der Waals surface area contributed by atoms with Crippen LogP contribution >= 0.6 is 11.6 Å². The summed E-state index contributed by atoms with van der Waals surface area (Å²) in [6, 6.07) is 10.3. The molecule has 9 heteroatoms. The standard InChI is InChI=1S/C14H12ClN3O4S/c1-10-2-7-13(8-14(10)18(19)20)23(21,22)17-16-9-11-3-5-12(15)6-4-11/h2-9,17H,1H3/b16-9-. The van der Waals surface area contributed by atoms with E-state index in [2.05, 4.69) is 5.10 Å². The second kappa shape index (κ2) is 6.76. The van der Waals surface area contributed by atoms with Crippen LogP contribution in [0.15, 0.2) is 52.5 Å². The molecule has 1 N–H and O–H groups in total. The Morgan fingerprint density at radius 3 is 2.48 bits per heavy atom. The fraction of sp³-hybridized carbons (Fsp3) is 0.0714. The Morgan fingerprint density at radius 2 is 1.87 bits per heavy atom. The molecular formula is C14H12ClN3O4S. The first-order valence-corrected chi connectivity index (χ1v) is 8.21. The van der Waals surface area contributed by atoms with E-state index in [1.807, 2.05) is 4.83 Å². The van der Waals surface area contributed by atoms with Crippen LogP contribution in [0.4, 0.5) is 5.69 Å². The molecule has 0 spiro atoms. The van der Waals surface area contributed by atoms with Gasteiger partial charge in [-0.15, -0.1) is 0 Å². The molecule has 2 aromatic rings. The van der Waals surface area contributed by atoms with Gasteiger partial charge in [0, 0.05) is 16.7 Å². The van der Waals surface area contributed by atoms with Gasteiger partial charge in [-0.3, -0.25) is 10.1 Å². The number of sulfonamides is 1. The molecule has 2 aromatic carbocycles. The molecule has 0 unspecified atom stereocenters. The predicted molar refractivity (Wildman–Crippen MR) is 87.2 cm³/mol. The molecule has 7 nitrogen and oxygen atoms in total. The third kappa shape index (κ3) is 4.27. The van der Waals surface area contributed by atoms with Crippen molar-refractivity contribution in [3.8, 4) is 0 Å². The Morgan fingerprint density at radius 1 is 1.22 bits per heavy atom. The van der Waals surface area contributed by atoms with E-state index in [9.17, 15) is 18.5 Å². The number of hydrogen-bond acceptors (Lipinski definition) is 5. The van der Waals surface area contributed by atoms with Gasteiger partial charge in [0.1, 0.15) is 0 Å². The minimum atomic E-state index is -3.99. The summed E-state index contributed by atoms with van der Waals surface area (Å²) in [5, 5.41) is 15.1. The summed E-state index contributed by atoms with van der Waals surface area (Å²) in [7, 11) is -3.99. The molecule has 0 amide bonds. The zero-order valence-electron chi connectivity index (χ0n) is 11.9. The summed E-state index contributed by atoms with van der Waals surface area (Å²) in [6.07, 6.45) is 1.30. The highest BCUT2D eigenvalue weighted by atomic mass is 35.5. The summed E-state index contributed by atoms with van der Waals surface area (Å²) < 4.78 is 24.2. The number of nitrogens with zero attached hydrogens (tertiary/aromatic N) is 2. The number of halogens is 1. The molecular weight excluding hydrogens is 342 g/mol. The first-order chi connectivity index (χ1) is 10.8. The van der Waals surface area contributed by atoms with Gasteiger partial charge in [-0.05, 0) is 30.7 Å². The van der Waals surface area contributed by atoms with Gasteiger partial charge in [-0.25, -0.2) is 4.83 Å². The molecule has 0 saturated heterocycles. The smallest absolute Gasteiger partial charge is 0.258 e. The van der Waals surface area contributed by atoms with E-state index in [1.54, 1.807) is 24.3 Å². The number of rotatable bonds is 5. The van der Waals surface area contributed by atoms with E-state index in [-0.39, 0.29) is 10.6 Å². The maximum atomic E-state index is 12.1. The quantitative estimate of drug-likeness (QED) is 0.507. The van der Waals surface area contributed by atoms with E-state index in [0.29, 0.717) is 16.1 Å². The maximum Gasteiger partial charge on any atom is 0.276 e. The highest BCUT2D eigenvalue weighted by Gasteiger charge is 2.19. The van der Waals surface area contributed by atoms with Crippen molar-refractivity contribution in [3.63, 3.8) is 0 Å². The Balaban J connectivity index is 2.20. The molecule has 0 atom stereocenters. The second-order valence-corrected chi connectivity index (χ2v) is 6.71. The van der Waals surface area contributed by atoms with Crippen molar-refractivity contribution >= 4 is 33.5 Å². The topological polar surface area (TPSA) is 102 Å². The minimum absolute atomic E-state index is 0.233. The second-order valence-electron chi connectivity index (χ2n) is 4.61. The molecule has 0 aliphatic heterocycles. The predicted octanol–water partition coefficient (Wildman–Crippen LogP) is 2.87. The van der Waals surface area contributed by atoms with Crippen molar-refractivity contribution in [2.75, 3.05) is 0 Å². The van der Waals surface area contributed by atoms with Crippen molar-refractivity contribution in [2.45, 2.75) is 11.8 Å². The lowest BCUT2D eigenvalue weighted by Gasteiger charge is -2.04. The van der Waals surface area contributed by atoms with Crippen molar-refractivity contribution in [2.24, 2.45) is 5.10 Å². The van der Waals surface area contributed by atoms with E-state index in [0.717, 1.165) is 6.07 Å². The zero-order valence-corrected chi connectivity index (χ0v) is 13.5. The number of hydrogen-bond donors (Lipinski definition) is 1. The molecule has 0 aromatic heterocycles. The lowest BCUT2D eigenvalue weighted by Crippen LogP contribution is -2.18. The Labute approximate surface area is 137 Å². The molecule has 0 aliphatic carbocycles. The largest absolute Gasteiger partial charge is 0.276 e. The van der Waals surface area contributed by atoms with Crippen LogP contribution in [-0.2, 0) is 10.0 Å². The van der Waals surface area contributed by atoms with Crippen LogP contribution in [0.25, 0.3) is 0 Å². The van der Waals surface area contributed by atoms with Crippen molar-refractivity contribution < 1.29 is 13.3 Å². The Kier molecular flexibility index (Phi) is 4.97. The fourth-order valence-corrected chi connectivity index (χ4v) is 2.66. The average Bonchev–Trinajstić information content (AvgIpc) is 2.49. The van der Waals surface area contributed by atoms with Crippen LogP contribution in [-0.4, -0.2) is 19.6 Å². The molecule has 0 fully saturated rings. The highest BCUT2D eigenvalue weighted by molar-refractivity contribution is 7.89. The summed E-state index contributed by atoms with van der Waals surface area (Å²) in [6.45, 7) is 1.53. The van der Waals surface area contributed by atoms with Crippen LogP contribution < -0.4 is 4.83 Å². The van der Waals surface area contributed by atoms with Gasteiger partial charge in [0.25, 0.3) is 15.7 Å². The average molecular weight is 354 g/mol. The van der Waals surface area contributed by atoms with Crippen LogP contribution in [0, 0.1) is 17.0 Å². The zero-order chi connectivity index (χ0) is 17.0. The molecule has 23 heavy (non-hydrogen) atoms. The number of nitro groups is 1. The summed E-state index contributed by atoms with van der Waals surface area (Å²) >= 11 is 5.74. The normalized spacial score (nSPS) is 11.6. The number of aryl methyl sites for hydroxylation is 1. The van der Waals surface area contributed by atoms with E-state index >= 15 is 0 Å². The van der Waals surface area contributed by atoms with Crippen LogP contribution in [0.5, 0.6) is 0 Å². The number of nitro benzene ring substituents is 1. The summed E-state index contributed by atoms with van der Waals surface area (Å²) in [4.78, 5) is 12.0. The van der Waals surface area contributed by atoms with Crippen LogP contribution in [0.1, 0.15) is 11.1 Å². The fourth-order valence-electron chi connectivity index (χ4n) is 1.72.